The summed E-state index contributed by atoms with van der Waals surface area (Å²) in [5, 5.41) is 5.20. The summed E-state index contributed by atoms with van der Waals surface area (Å²) in [5.41, 5.74) is 0.930. The Morgan fingerprint density at radius 2 is 2.05 bits per heavy atom. The van der Waals surface area contributed by atoms with Crippen LogP contribution in [0.15, 0.2) is 36.7 Å². The Kier molecular flexibility index (Phi) is 9.74. The number of benzene rings is 1. The molecule has 1 aromatic rings. The molecule has 0 atom stereocenters. The Balaban J connectivity index is 0.00000172. The van der Waals surface area contributed by atoms with E-state index in [1.807, 2.05) is 38.1 Å². The van der Waals surface area contributed by atoms with Crippen molar-refractivity contribution in [1.82, 2.24) is 10.6 Å². The predicted octanol–water partition coefficient (Wildman–Crippen LogP) is 3.39. The highest BCUT2D eigenvalue weighted by Gasteiger charge is 2.01. The van der Waals surface area contributed by atoms with Gasteiger partial charge in [-0.2, -0.15) is 0 Å². The standard InChI is InChI=1S/C13H17FN2O2.C2H6/c1-10(14)6-7-15-13(17)16-9-11-4-3-5-12(8-11)18-2;1-2/h3-5,8H,1,6-7,9H2,2H3,(H2,15,16,17);1-2H3. The number of carbonyl (C=O) groups is 1. The van der Waals surface area contributed by atoms with Crippen LogP contribution in [0, 0.1) is 0 Å². The van der Waals surface area contributed by atoms with Crippen LogP contribution in [0.1, 0.15) is 25.8 Å². The number of hydrogen-bond donors (Lipinski definition) is 2. The number of methoxy groups -OCH3 is 1. The Labute approximate surface area is 120 Å². The predicted molar refractivity (Wildman–Crippen MR) is 79.4 cm³/mol. The molecule has 0 saturated carbocycles. The molecule has 20 heavy (non-hydrogen) atoms. The minimum atomic E-state index is -0.442. The van der Waals surface area contributed by atoms with Gasteiger partial charge in [0.2, 0.25) is 0 Å². The third-order valence-corrected chi connectivity index (χ3v) is 2.27. The van der Waals surface area contributed by atoms with Crippen LogP contribution in [0.3, 0.4) is 0 Å². The van der Waals surface area contributed by atoms with E-state index in [-0.39, 0.29) is 19.0 Å². The van der Waals surface area contributed by atoms with Crippen molar-refractivity contribution in [2.75, 3.05) is 13.7 Å². The van der Waals surface area contributed by atoms with E-state index in [1.165, 1.54) is 0 Å². The smallest absolute Gasteiger partial charge is 0.315 e. The number of nitrogens with one attached hydrogen (secondary N) is 2. The van der Waals surface area contributed by atoms with Crippen molar-refractivity contribution in [1.29, 1.82) is 0 Å². The minimum Gasteiger partial charge on any atom is -0.497 e. The molecule has 112 valence electrons. The van der Waals surface area contributed by atoms with Gasteiger partial charge in [0, 0.05) is 19.5 Å². The number of ether oxygens (including phenoxy) is 1. The van der Waals surface area contributed by atoms with Crippen molar-refractivity contribution in [3.05, 3.63) is 42.2 Å². The first-order valence-corrected chi connectivity index (χ1v) is 6.59. The number of carbonyl (C=O) groups excluding carboxylic acids is 1. The van der Waals surface area contributed by atoms with Crippen molar-refractivity contribution in [2.45, 2.75) is 26.8 Å². The van der Waals surface area contributed by atoms with Gasteiger partial charge in [-0.15, -0.1) is 0 Å². The number of hydrogen-bond acceptors (Lipinski definition) is 2. The van der Waals surface area contributed by atoms with Crippen LogP contribution in [-0.4, -0.2) is 19.7 Å². The van der Waals surface area contributed by atoms with Crippen LogP contribution >= 0.6 is 0 Å². The molecule has 2 N–H and O–H groups in total. The van der Waals surface area contributed by atoms with Crippen molar-refractivity contribution in [2.24, 2.45) is 0 Å². The summed E-state index contributed by atoms with van der Waals surface area (Å²) in [5.74, 6) is 0.298. The maximum Gasteiger partial charge on any atom is 0.315 e. The van der Waals surface area contributed by atoms with Gasteiger partial charge in [-0.25, -0.2) is 9.18 Å². The van der Waals surface area contributed by atoms with Crippen LogP contribution in [0.25, 0.3) is 0 Å². The van der Waals surface area contributed by atoms with E-state index in [2.05, 4.69) is 17.2 Å². The molecule has 5 heteroatoms. The van der Waals surface area contributed by atoms with Crippen LogP contribution in [-0.2, 0) is 6.54 Å². The van der Waals surface area contributed by atoms with Crippen LogP contribution < -0.4 is 15.4 Å². The van der Waals surface area contributed by atoms with Gasteiger partial charge in [0.1, 0.15) is 5.75 Å². The van der Waals surface area contributed by atoms with E-state index in [9.17, 15) is 9.18 Å². The van der Waals surface area contributed by atoms with E-state index in [1.54, 1.807) is 7.11 Å². The molecule has 0 unspecified atom stereocenters. The van der Waals surface area contributed by atoms with Gasteiger partial charge in [-0.3, -0.25) is 0 Å². The molecule has 0 aromatic heterocycles. The highest BCUT2D eigenvalue weighted by Crippen LogP contribution is 2.11. The average molecular weight is 282 g/mol. The van der Waals surface area contributed by atoms with Crippen molar-refractivity contribution in [3.8, 4) is 5.75 Å². The number of rotatable bonds is 6. The molecule has 0 fully saturated rings. The summed E-state index contributed by atoms with van der Waals surface area (Å²) in [6.07, 6.45) is 0.132. The Morgan fingerprint density at radius 1 is 1.35 bits per heavy atom. The summed E-state index contributed by atoms with van der Waals surface area (Å²) in [6.45, 7) is 7.74. The van der Waals surface area contributed by atoms with Gasteiger partial charge in [-0.1, -0.05) is 32.6 Å². The maximum absolute atomic E-state index is 12.3. The van der Waals surface area contributed by atoms with Gasteiger partial charge in [0.25, 0.3) is 0 Å². The van der Waals surface area contributed by atoms with E-state index < -0.39 is 5.83 Å². The lowest BCUT2D eigenvalue weighted by atomic mass is 10.2. The van der Waals surface area contributed by atoms with Crippen LogP contribution in [0.4, 0.5) is 9.18 Å². The molecule has 0 aliphatic rings. The second kappa shape index (κ2) is 10.8. The van der Waals surface area contributed by atoms with Crippen LogP contribution in [0.2, 0.25) is 0 Å². The van der Waals surface area contributed by atoms with Gasteiger partial charge in [-0.05, 0) is 17.7 Å². The van der Waals surface area contributed by atoms with Gasteiger partial charge in [0.15, 0.2) is 0 Å². The molecule has 0 bridgehead atoms. The van der Waals surface area contributed by atoms with Crippen molar-refractivity contribution in [3.63, 3.8) is 0 Å². The second-order valence-electron chi connectivity index (χ2n) is 3.73. The number of urea groups is 1. The topological polar surface area (TPSA) is 50.4 Å². The highest BCUT2D eigenvalue weighted by molar-refractivity contribution is 5.73. The molecule has 0 spiro atoms. The fourth-order valence-electron chi connectivity index (χ4n) is 1.34. The van der Waals surface area contributed by atoms with Crippen LogP contribution in [0.5, 0.6) is 5.75 Å². The molecule has 2 amide bonds. The zero-order chi connectivity index (χ0) is 15.4. The number of amides is 2. The molecule has 0 aliphatic heterocycles. The summed E-state index contributed by atoms with van der Waals surface area (Å²) < 4.78 is 17.4. The maximum atomic E-state index is 12.3. The van der Waals surface area contributed by atoms with E-state index in [0.29, 0.717) is 6.54 Å². The van der Waals surface area contributed by atoms with E-state index in [0.717, 1.165) is 11.3 Å². The summed E-state index contributed by atoms with van der Waals surface area (Å²) >= 11 is 0. The molecule has 4 nitrogen and oxygen atoms in total. The first kappa shape index (κ1) is 18.0. The first-order valence-electron chi connectivity index (χ1n) is 6.59. The molecule has 1 aromatic carbocycles. The zero-order valence-corrected chi connectivity index (χ0v) is 12.3. The third-order valence-electron chi connectivity index (χ3n) is 2.27. The Morgan fingerprint density at radius 3 is 2.65 bits per heavy atom. The summed E-state index contributed by atoms with van der Waals surface area (Å²) in [7, 11) is 1.59. The molecule has 0 aliphatic carbocycles. The molecular weight excluding hydrogens is 259 g/mol. The molecule has 1 rings (SSSR count). The van der Waals surface area contributed by atoms with E-state index in [4.69, 9.17) is 4.74 Å². The van der Waals surface area contributed by atoms with Gasteiger partial charge >= 0.3 is 6.03 Å². The normalized spacial score (nSPS) is 9.00. The molecule has 0 radical (unpaired) electrons. The Hall–Kier alpha value is -2.04. The quantitative estimate of drug-likeness (QED) is 0.840. The SMILES string of the molecule is C=C(F)CCNC(=O)NCc1cccc(OC)c1.CC. The average Bonchev–Trinajstić information content (AvgIpc) is 2.47. The lowest BCUT2D eigenvalue weighted by Crippen LogP contribution is -2.35. The number of halogens is 1. The minimum absolute atomic E-state index is 0.132. The summed E-state index contributed by atoms with van der Waals surface area (Å²) in [4.78, 5) is 11.3. The lowest BCUT2D eigenvalue weighted by Gasteiger charge is -2.08. The largest absolute Gasteiger partial charge is 0.497 e. The van der Waals surface area contributed by atoms with Gasteiger partial charge in [0.05, 0.1) is 12.9 Å². The fourth-order valence-corrected chi connectivity index (χ4v) is 1.34. The van der Waals surface area contributed by atoms with Crippen molar-refractivity contribution < 1.29 is 13.9 Å². The van der Waals surface area contributed by atoms with Gasteiger partial charge < -0.3 is 15.4 Å². The lowest BCUT2D eigenvalue weighted by molar-refractivity contribution is 0.240. The zero-order valence-electron chi connectivity index (χ0n) is 12.3. The highest BCUT2D eigenvalue weighted by atomic mass is 19.1. The fraction of sp³-hybridized carbons (Fsp3) is 0.400. The second-order valence-corrected chi connectivity index (χ2v) is 3.73. The Bertz CT molecular complexity index is 422. The molecule has 0 saturated heterocycles. The summed E-state index contributed by atoms with van der Waals surface area (Å²) in [6, 6.07) is 7.06. The monoisotopic (exact) mass is 282 g/mol. The van der Waals surface area contributed by atoms with E-state index >= 15 is 0 Å². The molecule has 0 heterocycles. The molecular formula is C15H23FN2O2. The third kappa shape index (κ3) is 8.13. The van der Waals surface area contributed by atoms with Crippen molar-refractivity contribution >= 4 is 6.03 Å². The first-order chi connectivity index (χ1) is 9.61.